The van der Waals surface area contributed by atoms with E-state index >= 15 is 0 Å². The van der Waals surface area contributed by atoms with Crippen LogP contribution in [-0.2, 0) is 26.0 Å². The van der Waals surface area contributed by atoms with Crippen molar-refractivity contribution in [3.63, 3.8) is 0 Å². The molecule has 0 aliphatic heterocycles. The van der Waals surface area contributed by atoms with E-state index in [9.17, 15) is 40.1 Å². The Morgan fingerprint density at radius 2 is 1.59 bits per heavy atom. The molecular weight excluding hydrogens is 437 g/mol. The van der Waals surface area contributed by atoms with E-state index in [0.717, 1.165) is 30.3 Å². The predicted octanol–water partition coefficient (Wildman–Crippen LogP) is 3.13. The fourth-order valence-electron chi connectivity index (χ4n) is 2.76. The van der Waals surface area contributed by atoms with E-state index < -0.39 is 47.3 Å². The highest BCUT2D eigenvalue weighted by atomic mass is 32.2. The van der Waals surface area contributed by atoms with Crippen LogP contribution in [0.15, 0.2) is 46.2 Å². The second-order valence-electron chi connectivity index (χ2n) is 6.15. The second-order valence-corrected chi connectivity index (χ2v) is 9.73. The minimum absolute atomic E-state index is 0.0496. The fourth-order valence-corrected chi connectivity index (χ4v) is 5.35. The fraction of sp³-hybridized carbons (Fsp3) is 0.250. The summed E-state index contributed by atoms with van der Waals surface area (Å²) in [5.41, 5.74) is -1.14. The molecular formula is C16H15F3N2O6S2. The van der Waals surface area contributed by atoms with Gasteiger partial charge in [-0.3, -0.25) is 14.8 Å². The zero-order valence-electron chi connectivity index (χ0n) is 15.0. The number of anilines is 1. The number of alkyl halides is 3. The van der Waals surface area contributed by atoms with E-state index in [1.165, 1.54) is 13.8 Å². The highest BCUT2D eigenvalue weighted by Crippen LogP contribution is 2.31. The van der Waals surface area contributed by atoms with Crippen molar-refractivity contribution in [2.45, 2.75) is 29.8 Å². The Morgan fingerprint density at radius 3 is 2.07 bits per heavy atom. The highest BCUT2D eigenvalue weighted by Gasteiger charge is 2.32. The zero-order valence-corrected chi connectivity index (χ0v) is 16.7. The Bertz CT molecular complexity index is 1150. The van der Waals surface area contributed by atoms with Gasteiger partial charge in [-0.1, -0.05) is 6.07 Å². The molecule has 8 nitrogen and oxygen atoms in total. The van der Waals surface area contributed by atoms with Crippen LogP contribution >= 0.6 is 0 Å². The number of nitro groups is 1. The predicted molar refractivity (Wildman–Crippen MR) is 97.2 cm³/mol. The van der Waals surface area contributed by atoms with Crippen molar-refractivity contribution in [3.05, 3.63) is 63.2 Å². The summed E-state index contributed by atoms with van der Waals surface area (Å²) in [6.07, 6.45) is -4.73. The van der Waals surface area contributed by atoms with Gasteiger partial charge in [-0.05, 0) is 55.3 Å². The Balaban J connectivity index is 2.44. The molecule has 0 aliphatic rings. The monoisotopic (exact) mass is 452 g/mol. The third kappa shape index (κ3) is 5.23. The Kier molecular flexibility index (Phi) is 5.95. The molecule has 0 bridgehead atoms. The largest absolute Gasteiger partial charge is 0.416 e. The molecule has 29 heavy (non-hydrogen) atoms. The maximum absolute atomic E-state index is 12.8. The molecule has 0 unspecified atom stereocenters. The van der Waals surface area contributed by atoms with Gasteiger partial charge in [-0.2, -0.15) is 13.2 Å². The van der Waals surface area contributed by atoms with E-state index in [0.29, 0.717) is 6.07 Å². The smallest absolute Gasteiger partial charge is 0.280 e. The van der Waals surface area contributed by atoms with E-state index in [1.807, 2.05) is 0 Å². The lowest BCUT2D eigenvalue weighted by Crippen LogP contribution is -2.18. The van der Waals surface area contributed by atoms with Crippen molar-refractivity contribution in [3.8, 4) is 0 Å². The van der Waals surface area contributed by atoms with Gasteiger partial charge >= 0.3 is 12.1 Å². The summed E-state index contributed by atoms with van der Waals surface area (Å²) in [7, 11) is -8.66. The minimum Gasteiger partial charge on any atom is -0.280 e. The number of nitrogens with one attached hydrogen (secondary N) is 1. The zero-order chi connectivity index (χ0) is 22.2. The standard InChI is InChI=1S/C16H15F3N2O6S2/c1-10-6-13(7-11(2)15(10)28(24,25)9-21(22)23)20-29(26,27)14-5-3-4-12(8-14)16(17,18)19/h3-8,20H,9H2,1-2H3. The quantitative estimate of drug-likeness (QED) is 0.531. The topological polar surface area (TPSA) is 123 Å². The van der Waals surface area contributed by atoms with Crippen LogP contribution in [0.25, 0.3) is 0 Å². The first-order valence-electron chi connectivity index (χ1n) is 7.79. The summed E-state index contributed by atoms with van der Waals surface area (Å²) in [4.78, 5) is 8.63. The molecule has 1 N–H and O–H groups in total. The van der Waals surface area contributed by atoms with Crippen molar-refractivity contribution < 1.29 is 34.9 Å². The number of halogens is 3. The summed E-state index contributed by atoms with van der Waals surface area (Å²) in [5.74, 6) is -1.33. The number of hydrogen-bond donors (Lipinski definition) is 1. The van der Waals surface area contributed by atoms with Gasteiger partial charge < -0.3 is 0 Å². The Hall–Kier alpha value is -2.67. The molecule has 158 valence electrons. The van der Waals surface area contributed by atoms with Crippen LogP contribution in [0, 0.1) is 24.0 Å². The number of sulfonamides is 1. The van der Waals surface area contributed by atoms with Gasteiger partial charge in [0.15, 0.2) is 0 Å². The first kappa shape index (κ1) is 22.6. The Labute approximate surface area is 164 Å². The number of rotatable bonds is 6. The van der Waals surface area contributed by atoms with Gasteiger partial charge in [0.25, 0.3) is 10.0 Å². The third-order valence-corrected chi connectivity index (χ3v) is 6.97. The van der Waals surface area contributed by atoms with Crippen LogP contribution in [0.5, 0.6) is 0 Å². The van der Waals surface area contributed by atoms with Crippen LogP contribution in [0.2, 0.25) is 0 Å². The second kappa shape index (κ2) is 7.63. The molecule has 0 fully saturated rings. The molecule has 0 amide bonds. The highest BCUT2D eigenvalue weighted by molar-refractivity contribution is 7.92. The van der Waals surface area contributed by atoms with Crippen LogP contribution in [-0.4, -0.2) is 27.6 Å². The summed E-state index contributed by atoms with van der Waals surface area (Å²) in [6.45, 7) is 2.64. The average molecular weight is 452 g/mol. The molecule has 0 saturated heterocycles. The summed E-state index contributed by atoms with van der Waals surface area (Å²) in [5, 5.41) is 10.6. The molecule has 0 aliphatic carbocycles. The molecule has 0 spiro atoms. The summed E-state index contributed by atoms with van der Waals surface area (Å²) in [6, 6.07) is 5.38. The molecule has 13 heteroatoms. The lowest BCUT2D eigenvalue weighted by atomic mass is 10.1. The van der Waals surface area contributed by atoms with E-state index in [-0.39, 0.29) is 21.7 Å². The normalized spacial score (nSPS) is 12.6. The lowest BCUT2D eigenvalue weighted by molar-refractivity contribution is -0.458. The average Bonchev–Trinajstić information content (AvgIpc) is 2.51. The van der Waals surface area contributed by atoms with E-state index in [4.69, 9.17) is 0 Å². The van der Waals surface area contributed by atoms with Crippen molar-refractivity contribution >= 4 is 25.5 Å². The molecule has 0 heterocycles. The third-order valence-electron chi connectivity index (χ3n) is 3.77. The maximum Gasteiger partial charge on any atom is 0.416 e. The number of sulfone groups is 1. The van der Waals surface area contributed by atoms with Crippen molar-refractivity contribution in [2.24, 2.45) is 0 Å². The molecule has 2 rings (SSSR count). The number of nitrogens with zero attached hydrogens (tertiary/aromatic N) is 1. The number of hydrogen-bond acceptors (Lipinski definition) is 6. The first-order valence-corrected chi connectivity index (χ1v) is 10.9. The SMILES string of the molecule is Cc1cc(NS(=O)(=O)c2cccc(C(F)(F)F)c2)cc(C)c1S(=O)(=O)C[N+](=O)[O-]. The van der Waals surface area contributed by atoms with Crippen LogP contribution in [0.4, 0.5) is 18.9 Å². The van der Waals surface area contributed by atoms with E-state index in [1.54, 1.807) is 0 Å². The van der Waals surface area contributed by atoms with Gasteiger partial charge in [-0.15, -0.1) is 0 Å². The van der Waals surface area contributed by atoms with Crippen molar-refractivity contribution in [1.82, 2.24) is 0 Å². The lowest BCUT2D eigenvalue weighted by Gasteiger charge is -2.14. The maximum atomic E-state index is 12.8. The van der Waals surface area contributed by atoms with Gasteiger partial charge in [0.2, 0.25) is 9.84 Å². The minimum atomic E-state index is -4.73. The van der Waals surface area contributed by atoms with Gasteiger partial charge in [0, 0.05) is 10.6 Å². The molecule has 0 saturated carbocycles. The number of aryl methyl sites for hydroxylation is 2. The summed E-state index contributed by atoms with van der Waals surface area (Å²) < 4.78 is 89.7. The first-order chi connectivity index (χ1) is 13.1. The van der Waals surface area contributed by atoms with Gasteiger partial charge in [0.1, 0.15) is 0 Å². The van der Waals surface area contributed by atoms with E-state index in [2.05, 4.69) is 4.72 Å². The molecule has 2 aromatic carbocycles. The number of benzene rings is 2. The summed E-state index contributed by atoms with van der Waals surface area (Å²) >= 11 is 0. The van der Waals surface area contributed by atoms with Crippen LogP contribution in [0.3, 0.4) is 0 Å². The Morgan fingerprint density at radius 1 is 1.03 bits per heavy atom. The molecule has 0 aromatic heterocycles. The van der Waals surface area contributed by atoms with Crippen LogP contribution in [0.1, 0.15) is 16.7 Å². The van der Waals surface area contributed by atoms with Gasteiger partial charge in [-0.25, -0.2) is 16.8 Å². The molecule has 2 aromatic rings. The van der Waals surface area contributed by atoms with Crippen molar-refractivity contribution in [1.29, 1.82) is 0 Å². The van der Waals surface area contributed by atoms with Gasteiger partial charge in [0.05, 0.1) is 15.4 Å². The van der Waals surface area contributed by atoms with Crippen molar-refractivity contribution in [2.75, 3.05) is 10.6 Å². The molecule has 0 radical (unpaired) electrons. The van der Waals surface area contributed by atoms with Crippen LogP contribution < -0.4 is 4.72 Å². The molecule has 0 atom stereocenters.